The Kier molecular flexibility index (Phi) is 21.0. The quantitative estimate of drug-likeness (QED) is 0.0725. The normalized spacial score (nSPS) is 18.8. The predicted molar refractivity (Wildman–Crippen MR) is 291 cm³/mol. The number of aromatic hydroxyl groups is 1. The van der Waals surface area contributed by atoms with Crippen LogP contribution in [-0.4, -0.2) is 74.4 Å². The molecule has 12 heteroatoms. The van der Waals surface area contributed by atoms with Crippen molar-refractivity contribution in [3.63, 3.8) is 0 Å². The SMILES string of the molecule is COC(=O)CCc1ccc(OCC2=CC3(CCCC3)CCC2)c(OC)c1.COc1cc(CCC(=O)O)ccc1OCC1=CC2(CCCC2)CCC1.O=C(O)CCc1ccc(OCC2=CC3(CCCC3)CCC2)c(O)c1. The molecule has 12 nitrogen and oxygen atoms in total. The minimum Gasteiger partial charge on any atom is -0.504 e. The summed E-state index contributed by atoms with van der Waals surface area (Å²) in [5, 5.41) is 27.6. The molecule has 3 spiro atoms. The number of phenolic OH excluding ortho intramolecular Hbond substituents is 1. The first kappa shape index (κ1) is 56.8. The summed E-state index contributed by atoms with van der Waals surface area (Å²) in [7, 11) is 4.69. The number of aliphatic carboxylic acids is 2. The smallest absolute Gasteiger partial charge is 0.305 e. The average molecular weight is 1030 g/mol. The van der Waals surface area contributed by atoms with Gasteiger partial charge in [0, 0.05) is 19.3 Å². The van der Waals surface area contributed by atoms with Gasteiger partial charge in [0.1, 0.15) is 19.8 Å². The summed E-state index contributed by atoms with van der Waals surface area (Å²) in [5.41, 5.74) is 8.30. The molecule has 3 aromatic rings. The maximum Gasteiger partial charge on any atom is 0.305 e. The lowest BCUT2D eigenvalue weighted by Crippen LogP contribution is -2.19. The second-order valence-corrected chi connectivity index (χ2v) is 22.2. The standard InChI is InChI=1S/C22H30O4.C21H28O4.C20H26O4/c1-24-20-14-17(8-10-21(23)25-2)7-9-19(20)26-16-18-6-5-13-22(15-18)11-3-4-12-22;1-24-19-13-16(7-9-20(22)23)6-8-18(19)25-15-17-5-4-12-21(14-17)10-2-3-11-21;21-17-12-15(6-8-19(22)23)5-7-18(17)24-14-16-4-3-11-20(13-16)9-1-2-10-20/h7,9,14-15H,3-6,8,10-13,16H2,1-2H3;6,8,13-14H,2-5,7,9-12,15H2,1H3,(H,22,23);5,7,12-13,21H,1-4,6,8-11,14H2,(H,22,23). The summed E-state index contributed by atoms with van der Waals surface area (Å²) >= 11 is 0. The number of hydrogen-bond donors (Lipinski definition) is 3. The number of phenols is 1. The number of esters is 1. The zero-order chi connectivity index (χ0) is 53.1. The Labute approximate surface area is 445 Å². The van der Waals surface area contributed by atoms with Crippen LogP contribution in [0.1, 0.15) is 171 Å². The van der Waals surface area contributed by atoms with E-state index in [1.165, 1.54) is 139 Å². The van der Waals surface area contributed by atoms with E-state index in [9.17, 15) is 19.5 Å². The van der Waals surface area contributed by atoms with Crippen molar-refractivity contribution < 1.29 is 58.1 Å². The second kappa shape index (κ2) is 27.8. The third kappa shape index (κ3) is 17.0. The van der Waals surface area contributed by atoms with Crippen LogP contribution in [0.3, 0.4) is 0 Å². The van der Waals surface area contributed by atoms with E-state index in [4.69, 9.17) is 38.6 Å². The first-order valence-electron chi connectivity index (χ1n) is 28.0. The zero-order valence-corrected chi connectivity index (χ0v) is 45.2. The Morgan fingerprint density at radius 2 is 0.773 bits per heavy atom. The topological polar surface area (TPSA) is 167 Å². The molecule has 0 unspecified atom stereocenters. The van der Waals surface area contributed by atoms with Crippen LogP contribution in [0.5, 0.6) is 34.5 Å². The molecule has 0 aliphatic heterocycles. The molecule has 3 saturated carbocycles. The minimum absolute atomic E-state index is 0.0641. The molecule has 408 valence electrons. The number of aryl methyl sites for hydroxylation is 3. The predicted octanol–water partition coefficient (Wildman–Crippen LogP) is 14.1. The van der Waals surface area contributed by atoms with E-state index in [1.807, 2.05) is 42.5 Å². The fourth-order valence-corrected chi connectivity index (χ4v) is 12.7. The summed E-state index contributed by atoms with van der Waals surface area (Å²) in [4.78, 5) is 32.6. The average Bonchev–Trinajstić information content (AvgIpc) is 4.20. The van der Waals surface area contributed by atoms with Gasteiger partial charge in [0.05, 0.1) is 21.3 Å². The summed E-state index contributed by atoms with van der Waals surface area (Å²) < 4.78 is 33.6. The van der Waals surface area contributed by atoms with Gasteiger partial charge in [-0.1, -0.05) is 75.0 Å². The number of benzene rings is 3. The summed E-state index contributed by atoms with van der Waals surface area (Å²) in [6, 6.07) is 16.8. The van der Waals surface area contributed by atoms with Crippen LogP contribution in [0.25, 0.3) is 0 Å². The minimum atomic E-state index is -0.833. The van der Waals surface area contributed by atoms with E-state index in [1.54, 1.807) is 26.4 Å². The van der Waals surface area contributed by atoms with Crippen molar-refractivity contribution in [3.8, 4) is 34.5 Å². The van der Waals surface area contributed by atoms with Crippen molar-refractivity contribution >= 4 is 17.9 Å². The fourth-order valence-electron chi connectivity index (χ4n) is 12.7. The van der Waals surface area contributed by atoms with Crippen molar-refractivity contribution in [2.24, 2.45) is 16.2 Å². The van der Waals surface area contributed by atoms with E-state index >= 15 is 0 Å². The number of carbonyl (C=O) groups is 3. The van der Waals surface area contributed by atoms with Crippen LogP contribution in [0.2, 0.25) is 0 Å². The summed E-state index contributed by atoms with van der Waals surface area (Å²) in [5.74, 6) is 1.63. The largest absolute Gasteiger partial charge is 0.504 e. The van der Waals surface area contributed by atoms with Crippen LogP contribution < -0.4 is 23.7 Å². The van der Waals surface area contributed by atoms with E-state index in [0.29, 0.717) is 73.2 Å². The van der Waals surface area contributed by atoms with Gasteiger partial charge in [0.25, 0.3) is 0 Å². The monoisotopic (exact) mass is 1030 g/mol. The maximum atomic E-state index is 11.3. The molecule has 0 atom stereocenters. The molecule has 9 rings (SSSR count). The van der Waals surface area contributed by atoms with Crippen molar-refractivity contribution in [1.29, 1.82) is 0 Å². The van der Waals surface area contributed by atoms with Gasteiger partial charge in [0.15, 0.2) is 34.5 Å². The number of ether oxygens (including phenoxy) is 6. The number of carboxylic acid groups (broad SMARTS) is 2. The van der Waals surface area contributed by atoms with Gasteiger partial charge >= 0.3 is 17.9 Å². The van der Waals surface area contributed by atoms with Crippen LogP contribution in [0, 0.1) is 16.2 Å². The van der Waals surface area contributed by atoms with Gasteiger partial charge in [-0.3, -0.25) is 14.4 Å². The van der Waals surface area contributed by atoms with Gasteiger partial charge in [-0.2, -0.15) is 0 Å². The van der Waals surface area contributed by atoms with E-state index in [0.717, 1.165) is 53.2 Å². The van der Waals surface area contributed by atoms with Crippen molar-refractivity contribution in [2.75, 3.05) is 41.2 Å². The van der Waals surface area contributed by atoms with Gasteiger partial charge in [0.2, 0.25) is 0 Å². The molecule has 3 N–H and O–H groups in total. The lowest BCUT2D eigenvalue weighted by molar-refractivity contribution is -0.140. The molecular weight excluding hydrogens is 949 g/mol. The molecule has 6 aliphatic rings. The molecular formula is C63H84O12. The fraction of sp³-hybridized carbons (Fsp3) is 0.571. The number of rotatable bonds is 20. The first-order chi connectivity index (χ1) is 36.3. The Balaban J connectivity index is 0.000000164. The molecule has 0 amide bonds. The summed E-state index contributed by atoms with van der Waals surface area (Å²) in [6.07, 6.45) is 36.7. The zero-order valence-electron chi connectivity index (χ0n) is 45.2. The number of methoxy groups -OCH3 is 3. The summed E-state index contributed by atoms with van der Waals surface area (Å²) in [6.45, 7) is 1.79. The number of carboxylic acids is 2. The highest BCUT2D eigenvalue weighted by Crippen LogP contribution is 2.49. The highest BCUT2D eigenvalue weighted by atomic mass is 16.5. The van der Waals surface area contributed by atoms with Gasteiger partial charge in [-0.05, 0) is 202 Å². The number of carbonyl (C=O) groups excluding carboxylic acids is 1. The van der Waals surface area contributed by atoms with Gasteiger partial charge in [-0.25, -0.2) is 0 Å². The van der Waals surface area contributed by atoms with Gasteiger partial charge in [-0.15, -0.1) is 0 Å². The van der Waals surface area contributed by atoms with Crippen molar-refractivity contribution in [2.45, 2.75) is 173 Å². The van der Waals surface area contributed by atoms with Crippen molar-refractivity contribution in [3.05, 3.63) is 106 Å². The molecule has 0 heterocycles. The van der Waals surface area contributed by atoms with Gasteiger partial charge < -0.3 is 43.7 Å². The molecule has 75 heavy (non-hydrogen) atoms. The molecule has 0 bridgehead atoms. The Hall–Kier alpha value is -5.91. The van der Waals surface area contributed by atoms with E-state index in [2.05, 4.69) is 18.2 Å². The Morgan fingerprint density at radius 1 is 0.440 bits per heavy atom. The maximum absolute atomic E-state index is 11.3. The Morgan fingerprint density at radius 3 is 1.12 bits per heavy atom. The van der Waals surface area contributed by atoms with Crippen LogP contribution in [0.15, 0.2) is 89.5 Å². The molecule has 6 aliphatic carbocycles. The highest BCUT2D eigenvalue weighted by Gasteiger charge is 2.36. The lowest BCUT2D eigenvalue weighted by atomic mass is 9.75. The molecule has 3 fully saturated rings. The van der Waals surface area contributed by atoms with E-state index < -0.39 is 11.9 Å². The lowest BCUT2D eigenvalue weighted by Gasteiger charge is -2.31. The third-order valence-corrected chi connectivity index (χ3v) is 16.7. The molecule has 3 aromatic carbocycles. The second-order valence-electron chi connectivity index (χ2n) is 22.2. The van der Waals surface area contributed by atoms with Crippen LogP contribution in [-0.2, 0) is 38.4 Å². The first-order valence-corrected chi connectivity index (χ1v) is 28.0. The van der Waals surface area contributed by atoms with E-state index in [-0.39, 0.29) is 24.6 Å². The van der Waals surface area contributed by atoms with Crippen LogP contribution in [0.4, 0.5) is 0 Å². The third-order valence-electron chi connectivity index (χ3n) is 16.7. The molecule has 0 radical (unpaired) electrons. The van der Waals surface area contributed by atoms with Crippen LogP contribution >= 0.6 is 0 Å². The number of hydrogen-bond acceptors (Lipinski definition) is 10. The van der Waals surface area contributed by atoms with Crippen molar-refractivity contribution in [1.82, 2.24) is 0 Å². The highest BCUT2D eigenvalue weighted by molar-refractivity contribution is 5.69. The Bertz CT molecular complexity index is 2460. The molecule has 0 saturated heterocycles. The number of allylic oxidation sites excluding steroid dienone is 3. The molecule has 0 aromatic heterocycles.